The molecule has 4 atom stereocenters. The average molecular weight is 678 g/mol. The normalized spacial score (nSPS) is 25.0. The van der Waals surface area contributed by atoms with E-state index in [1.54, 1.807) is 22.3 Å². The molecule has 9 rings (SSSR count). The van der Waals surface area contributed by atoms with E-state index in [1.807, 2.05) is 66.7 Å². The van der Waals surface area contributed by atoms with Crippen LogP contribution in [0.5, 0.6) is 5.75 Å². The number of nitrogens with two attached hydrogens (primary N) is 1. The Kier molecular flexibility index (Phi) is 8.36. The van der Waals surface area contributed by atoms with Gasteiger partial charge in [-0.1, -0.05) is 115 Å². The molecule has 0 bridgehead atoms. The van der Waals surface area contributed by atoms with Gasteiger partial charge in [0.15, 0.2) is 5.84 Å². The van der Waals surface area contributed by atoms with E-state index in [4.69, 9.17) is 20.5 Å². The summed E-state index contributed by atoms with van der Waals surface area (Å²) in [6.45, 7) is 4.45. The van der Waals surface area contributed by atoms with E-state index in [-0.39, 0.29) is 17.4 Å². The van der Waals surface area contributed by atoms with Gasteiger partial charge in [-0.2, -0.15) is 0 Å². The first kappa shape index (κ1) is 32.3. The minimum absolute atomic E-state index is 0.0784. The van der Waals surface area contributed by atoms with Crippen molar-refractivity contribution >= 4 is 17.4 Å². The highest BCUT2D eigenvalue weighted by Gasteiger charge is 2.55. The number of allylic oxidation sites excluding steroid dienone is 7. The third-order valence-electron chi connectivity index (χ3n) is 11.8. The Labute approximate surface area is 307 Å². The Morgan fingerprint density at radius 1 is 0.788 bits per heavy atom. The summed E-state index contributed by atoms with van der Waals surface area (Å²) in [6, 6.07) is 39.7. The molecule has 0 saturated carbocycles. The van der Waals surface area contributed by atoms with Crippen molar-refractivity contribution in [3.8, 4) is 5.75 Å². The van der Waals surface area contributed by atoms with Gasteiger partial charge < -0.3 is 10.5 Å². The van der Waals surface area contributed by atoms with Crippen LogP contribution in [-0.4, -0.2) is 17.8 Å². The number of benzene rings is 3. The van der Waals surface area contributed by atoms with Gasteiger partial charge in [0, 0.05) is 40.2 Å². The fraction of sp³-hybridized carbons (Fsp3) is 0.250. The van der Waals surface area contributed by atoms with Crippen LogP contribution >= 0.6 is 0 Å². The number of rotatable bonds is 6. The monoisotopic (exact) mass is 677 g/mol. The molecule has 4 aromatic carbocycles. The molecule has 2 N–H and O–H groups in total. The first-order chi connectivity index (χ1) is 25.6. The molecule has 5 aliphatic rings. The molecule has 0 fully saturated rings. The Hall–Kier alpha value is -5.66. The van der Waals surface area contributed by atoms with Crippen molar-refractivity contribution < 1.29 is 4.74 Å². The third-order valence-corrected chi connectivity index (χ3v) is 11.8. The van der Waals surface area contributed by atoms with Crippen molar-refractivity contribution in [1.29, 1.82) is 0 Å². The van der Waals surface area contributed by atoms with Gasteiger partial charge in [-0.05, 0) is 97.9 Å². The zero-order valence-electron chi connectivity index (χ0n) is 29.5. The van der Waals surface area contributed by atoms with Crippen LogP contribution in [0.3, 0.4) is 0 Å². The van der Waals surface area contributed by atoms with E-state index in [9.17, 15) is 0 Å². The van der Waals surface area contributed by atoms with Gasteiger partial charge in [0.2, 0.25) is 0 Å². The molecular formula is C48H43N3O. The molecular weight excluding hydrogens is 635 g/mol. The molecule has 4 aliphatic carbocycles. The van der Waals surface area contributed by atoms with Crippen molar-refractivity contribution in [1.82, 2.24) is 0 Å². The highest BCUT2D eigenvalue weighted by molar-refractivity contribution is 6.12. The van der Waals surface area contributed by atoms with Crippen molar-refractivity contribution in [2.45, 2.75) is 68.8 Å². The Bertz CT molecular complexity index is 2210. The zero-order chi connectivity index (χ0) is 35.1. The summed E-state index contributed by atoms with van der Waals surface area (Å²) in [5.74, 6) is 2.54. The highest BCUT2D eigenvalue weighted by Crippen LogP contribution is 2.64. The van der Waals surface area contributed by atoms with Crippen molar-refractivity contribution in [2.75, 3.05) is 0 Å². The first-order valence-electron chi connectivity index (χ1n) is 18.8. The predicted octanol–water partition coefficient (Wildman–Crippen LogP) is 10.4. The SMILES string of the molecule is C=C(N=C(N=C(N)c1ccccc1)c1ccccc1)c1ccc2c(c1)C1CC3=C(CC1O2)C(c1c#cccc1)(C1C=CCC=CC1)C1=C3CCCC1. The van der Waals surface area contributed by atoms with Crippen LogP contribution < -0.4 is 10.5 Å². The van der Waals surface area contributed by atoms with E-state index >= 15 is 0 Å². The van der Waals surface area contributed by atoms with Crippen LogP contribution in [-0.2, 0) is 5.41 Å². The van der Waals surface area contributed by atoms with Gasteiger partial charge in [-0.25, -0.2) is 9.98 Å². The van der Waals surface area contributed by atoms with Gasteiger partial charge in [-0.3, -0.25) is 0 Å². The summed E-state index contributed by atoms with van der Waals surface area (Å²) in [6.07, 6.45) is 18.4. The number of hydrogen-bond donors (Lipinski definition) is 1. The van der Waals surface area contributed by atoms with E-state index < -0.39 is 0 Å². The van der Waals surface area contributed by atoms with E-state index in [0.29, 0.717) is 23.3 Å². The lowest BCUT2D eigenvalue weighted by Gasteiger charge is -2.43. The predicted molar refractivity (Wildman–Crippen MR) is 211 cm³/mol. The number of aliphatic imine (C=N–C) groups is 2. The van der Waals surface area contributed by atoms with E-state index in [0.717, 1.165) is 61.0 Å². The first-order valence-corrected chi connectivity index (χ1v) is 18.8. The van der Waals surface area contributed by atoms with Crippen LogP contribution in [0.25, 0.3) is 5.70 Å². The quantitative estimate of drug-likeness (QED) is 0.125. The molecule has 0 amide bonds. The molecule has 0 radical (unpaired) electrons. The fourth-order valence-electron chi connectivity index (χ4n) is 9.56. The highest BCUT2D eigenvalue weighted by atomic mass is 16.5. The summed E-state index contributed by atoms with van der Waals surface area (Å²) in [5, 5.41) is 0. The average Bonchev–Trinajstić information content (AvgIpc) is 3.54. The smallest absolute Gasteiger partial charge is 0.162 e. The summed E-state index contributed by atoms with van der Waals surface area (Å²) in [7, 11) is 0. The number of amidine groups is 2. The van der Waals surface area contributed by atoms with Gasteiger partial charge >= 0.3 is 0 Å². The lowest BCUT2D eigenvalue weighted by Crippen LogP contribution is -2.40. The van der Waals surface area contributed by atoms with Crippen LogP contribution in [0.15, 0.2) is 160 Å². The second-order valence-electron chi connectivity index (χ2n) is 14.7. The number of nitrogens with zero attached hydrogens (tertiary/aromatic N) is 2. The van der Waals surface area contributed by atoms with Gasteiger partial charge in [0.25, 0.3) is 0 Å². The second-order valence-corrected chi connectivity index (χ2v) is 14.7. The minimum Gasteiger partial charge on any atom is -0.489 e. The maximum Gasteiger partial charge on any atom is 0.162 e. The van der Waals surface area contributed by atoms with E-state index in [2.05, 4.69) is 73.3 Å². The minimum atomic E-state index is -0.193. The van der Waals surface area contributed by atoms with Gasteiger partial charge in [0.1, 0.15) is 17.7 Å². The van der Waals surface area contributed by atoms with Crippen LogP contribution in [0.4, 0.5) is 0 Å². The summed E-state index contributed by atoms with van der Waals surface area (Å²) in [4.78, 5) is 9.82. The summed E-state index contributed by atoms with van der Waals surface area (Å²) >= 11 is 0. The molecule has 1 aliphatic heterocycles. The molecule has 52 heavy (non-hydrogen) atoms. The molecule has 0 aromatic heterocycles. The Balaban J connectivity index is 1.09. The van der Waals surface area contributed by atoms with Crippen molar-refractivity contribution in [3.63, 3.8) is 0 Å². The Morgan fingerprint density at radius 2 is 1.60 bits per heavy atom. The molecule has 0 spiro atoms. The maximum absolute atomic E-state index is 6.89. The molecule has 1 heterocycles. The number of fused-ring (bicyclic) bond motifs is 4. The maximum atomic E-state index is 6.89. The molecule has 4 nitrogen and oxygen atoms in total. The number of ether oxygens (including phenoxy) is 1. The van der Waals surface area contributed by atoms with Gasteiger partial charge in [0.05, 0.1) is 11.1 Å². The summed E-state index contributed by atoms with van der Waals surface area (Å²) in [5.41, 5.74) is 18.6. The topological polar surface area (TPSA) is 60.0 Å². The third kappa shape index (κ3) is 5.47. The lowest BCUT2D eigenvalue weighted by atomic mass is 9.58. The molecule has 4 aromatic rings. The van der Waals surface area contributed by atoms with Crippen molar-refractivity contribution in [2.24, 2.45) is 21.6 Å². The number of hydrogen-bond acceptors (Lipinski definition) is 2. The lowest BCUT2D eigenvalue weighted by molar-refractivity contribution is 0.189. The molecule has 4 heteroatoms. The van der Waals surface area contributed by atoms with E-state index in [1.165, 1.54) is 24.0 Å². The van der Waals surface area contributed by atoms with Crippen LogP contribution in [0, 0.1) is 18.1 Å². The van der Waals surface area contributed by atoms with Gasteiger partial charge in [-0.15, -0.1) is 0 Å². The standard InChI is InChI=1S/C48H43N3O/c1-32(50-47(34-19-9-5-10-20-34)51-46(49)33-17-7-4-8-18-33)35-27-28-44-40(29-35)41-30-39-38-25-15-16-26-42(38)48(37-23-13-6-14-24-37,43(39)31-45(41)52-44)36-21-11-2-3-12-22-36/h2,4-13,17-20,22-23,27-29,36,41,45H,1,3,15-16,21,25-26,30-31H2,(H2,49,50,51). The second kappa shape index (κ2) is 13.5. The summed E-state index contributed by atoms with van der Waals surface area (Å²) < 4.78 is 6.89. The molecule has 0 saturated heterocycles. The van der Waals surface area contributed by atoms with Crippen molar-refractivity contribution in [3.05, 3.63) is 190 Å². The molecule has 4 unspecified atom stereocenters. The molecule has 256 valence electrons. The van der Waals surface area contributed by atoms with Crippen LogP contribution in [0.1, 0.15) is 85.1 Å². The zero-order valence-corrected chi connectivity index (χ0v) is 29.5. The van der Waals surface area contributed by atoms with Crippen LogP contribution in [0.2, 0.25) is 0 Å². The fourth-order valence-corrected chi connectivity index (χ4v) is 9.56. The largest absolute Gasteiger partial charge is 0.489 e. The Morgan fingerprint density at radius 3 is 2.40 bits per heavy atom.